The van der Waals surface area contributed by atoms with E-state index in [0.29, 0.717) is 19.5 Å². The highest BCUT2D eigenvalue weighted by Gasteiger charge is 2.18. The summed E-state index contributed by atoms with van der Waals surface area (Å²) in [6.45, 7) is 1.05. The van der Waals surface area contributed by atoms with Crippen molar-refractivity contribution >= 4 is 17.8 Å². The molecular weight excluding hydrogens is 284 g/mol. The first kappa shape index (κ1) is 16.0. The van der Waals surface area contributed by atoms with Gasteiger partial charge in [0.05, 0.1) is 12.1 Å². The van der Waals surface area contributed by atoms with Gasteiger partial charge in [-0.2, -0.15) is 0 Å². The van der Waals surface area contributed by atoms with Crippen LogP contribution in [0.2, 0.25) is 0 Å². The van der Waals surface area contributed by atoms with Crippen molar-refractivity contribution in [2.24, 2.45) is 0 Å². The lowest BCUT2D eigenvalue weighted by Gasteiger charge is -2.19. The summed E-state index contributed by atoms with van der Waals surface area (Å²) in [5, 5.41) is 11.6. The van der Waals surface area contributed by atoms with Gasteiger partial charge in [0.15, 0.2) is 0 Å². The van der Waals surface area contributed by atoms with Crippen LogP contribution in [0.3, 0.4) is 0 Å². The zero-order valence-corrected chi connectivity index (χ0v) is 12.4. The van der Waals surface area contributed by atoms with Crippen LogP contribution in [0.15, 0.2) is 24.3 Å². The summed E-state index contributed by atoms with van der Waals surface area (Å²) < 4.78 is 0. The molecule has 0 saturated carbocycles. The molecule has 1 heterocycles. The summed E-state index contributed by atoms with van der Waals surface area (Å²) in [4.78, 5) is 36.1. The predicted molar refractivity (Wildman–Crippen MR) is 80.3 cm³/mol. The summed E-state index contributed by atoms with van der Waals surface area (Å²) >= 11 is 0. The van der Waals surface area contributed by atoms with Crippen LogP contribution in [-0.4, -0.2) is 40.9 Å². The fraction of sp³-hybridized carbons (Fsp3) is 0.438. The van der Waals surface area contributed by atoms with Gasteiger partial charge in [0.1, 0.15) is 0 Å². The number of likely N-dealkylation sites (tertiary alicyclic amines) is 1. The summed E-state index contributed by atoms with van der Waals surface area (Å²) in [6.07, 6.45) is 3.38. The van der Waals surface area contributed by atoms with Gasteiger partial charge < -0.3 is 15.3 Å². The number of carbonyl (C=O) groups excluding carboxylic acids is 2. The Balaban J connectivity index is 1.81. The van der Waals surface area contributed by atoms with Gasteiger partial charge >= 0.3 is 5.97 Å². The molecule has 118 valence electrons. The number of carboxylic acids is 1. The Morgan fingerprint density at radius 3 is 2.55 bits per heavy atom. The van der Waals surface area contributed by atoms with Crippen molar-refractivity contribution in [2.45, 2.75) is 32.2 Å². The molecule has 1 aliphatic rings. The Morgan fingerprint density at radius 2 is 1.86 bits per heavy atom. The van der Waals surface area contributed by atoms with Crippen LogP contribution < -0.4 is 5.32 Å². The highest BCUT2D eigenvalue weighted by atomic mass is 16.4. The van der Waals surface area contributed by atoms with Crippen molar-refractivity contribution in [1.82, 2.24) is 10.2 Å². The van der Waals surface area contributed by atoms with Crippen LogP contribution in [0.1, 0.15) is 41.6 Å². The van der Waals surface area contributed by atoms with Crippen LogP contribution >= 0.6 is 0 Å². The Bertz CT molecular complexity index is 554. The van der Waals surface area contributed by atoms with Gasteiger partial charge in [-0.1, -0.05) is 18.6 Å². The van der Waals surface area contributed by atoms with E-state index >= 15 is 0 Å². The maximum atomic E-state index is 11.9. The number of nitrogens with zero attached hydrogens (tertiary/aromatic N) is 1. The van der Waals surface area contributed by atoms with Crippen molar-refractivity contribution in [2.75, 3.05) is 13.1 Å². The molecule has 1 aromatic rings. The second-order valence-electron chi connectivity index (χ2n) is 5.40. The lowest BCUT2D eigenvalue weighted by Crippen LogP contribution is -2.40. The molecule has 2 N–H and O–H groups in total. The number of benzene rings is 1. The van der Waals surface area contributed by atoms with Gasteiger partial charge in [0, 0.05) is 19.5 Å². The normalized spacial score (nSPS) is 15.3. The van der Waals surface area contributed by atoms with Crippen molar-refractivity contribution in [3.8, 4) is 0 Å². The largest absolute Gasteiger partial charge is 0.478 e. The monoisotopic (exact) mass is 304 g/mol. The number of hydrogen-bond acceptors (Lipinski definition) is 3. The van der Waals surface area contributed by atoms with Gasteiger partial charge in [-0.05, 0) is 30.5 Å². The summed E-state index contributed by atoms with van der Waals surface area (Å²) in [7, 11) is 0. The Labute approximate surface area is 129 Å². The maximum Gasteiger partial charge on any atom is 0.335 e. The van der Waals surface area contributed by atoms with E-state index in [1.165, 1.54) is 12.1 Å². The van der Waals surface area contributed by atoms with Crippen molar-refractivity contribution in [3.63, 3.8) is 0 Å². The topological polar surface area (TPSA) is 86.7 Å². The van der Waals surface area contributed by atoms with E-state index in [1.54, 1.807) is 17.0 Å². The molecular formula is C16H20N2O4. The Kier molecular flexibility index (Phi) is 5.52. The van der Waals surface area contributed by atoms with E-state index in [0.717, 1.165) is 24.8 Å². The van der Waals surface area contributed by atoms with E-state index in [-0.39, 0.29) is 23.9 Å². The molecule has 0 aromatic heterocycles. The molecule has 0 radical (unpaired) electrons. The number of hydrogen-bond donors (Lipinski definition) is 2. The van der Waals surface area contributed by atoms with Gasteiger partial charge in [-0.25, -0.2) is 4.79 Å². The molecule has 1 fully saturated rings. The molecule has 0 unspecified atom stereocenters. The quantitative estimate of drug-likeness (QED) is 0.861. The Hall–Kier alpha value is -2.37. The molecule has 22 heavy (non-hydrogen) atoms. The molecule has 1 saturated heterocycles. The zero-order valence-electron chi connectivity index (χ0n) is 12.4. The lowest BCUT2D eigenvalue weighted by atomic mass is 10.1. The van der Waals surface area contributed by atoms with Gasteiger partial charge in [0.2, 0.25) is 11.8 Å². The molecule has 0 atom stereocenters. The lowest BCUT2D eigenvalue weighted by molar-refractivity contribution is -0.135. The van der Waals surface area contributed by atoms with Crippen LogP contribution in [0.25, 0.3) is 0 Å². The van der Waals surface area contributed by atoms with E-state index in [2.05, 4.69) is 5.32 Å². The molecule has 2 amide bonds. The first-order valence-electron chi connectivity index (χ1n) is 7.43. The van der Waals surface area contributed by atoms with Gasteiger partial charge in [0.25, 0.3) is 0 Å². The molecule has 6 nitrogen and oxygen atoms in total. The fourth-order valence-electron chi connectivity index (χ4n) is 2.40. The van der Waals surface area contributed by atoms with Crippen molar-refractivity contribution in [1.29, 1.82) is 0 Å². The molecule has 0 aliphatic carbocycles. The van der Waals surface area contributed by atoms with E-state index in [9.17, 15) is 14.4 Å². The summed E-state index contributed by atoms with van der Waals surface area (Å²) in [6, 6.07) is 6.34. The second-order valence-corrected chi connectivity index (χ2v) is 5.40. The fourth-order valence-corrected chi connectivity index (χ4v) is 2.40. The molecule has 1 aliphatic heterocycles. The maximum absolute atomic E-state index is 11.9. The first-order valence-corrected chi connectivity index (χ1v) is 7.43. The number of amides is 2. The standard InChI is InChI=1S/C16H20N2O4/c19-14(11-18-9-3-1-2-4-15(18)20)17-10-12-5-7-13(8-6-12)16(21)22/h5-8H,1-4,9-11H2,(H,17,19)(H,21,22). The first-order chi connectivity index (χ1) is 10.6. The summed E-state index contributed by atoms with van der Waals surface area (Å²) in [5.74, 6) is -1.13. The van der Waals surface area contributed by atoms with Gasteiger partial charge in [-0.3, -0.25) is 9.59 Å². The van der Waals surface area contributed by atoms with Crippen LogP contribution in [0.4, 0.5) is 0 Å². The minimum atomic E-state index is -0.977. The van der Waals surface area contributed by atoms with Crippen LogP contribution in [0, 0.1) is 0 Å². The van der Waals surface area contributed by atoms with E-state index < -0.39 is 5.97 Å². The number of aromatic carboxylic acids is 1. The molecule has 1 aromatic carbocycles. The van der Waals surface area contributed by atoms with Crippen molar-refractivity contribution < 1.29 is 19.5 Å². The minimum absolute atomic E-state index is 0.0402. The van der Waals surface area contributed by atoms with Crippen LogP contribution in [0.5, 0.6) is 0 Å². The molecule has 6 heteroatoms. The number of carboxylic acid groups (broad SMARTS) is 1. The molecule has 2 rings (SSSR count). The number of nitrogens with one attached hydrogen (secondary N) is 1. The third-order valence-electron chi connectivity index (χ3n) is 3.70. The summed E-state index contributed by atoms with van der Waals surface area (Å²) in [5.41, 5.74) is 1.03. The number of carbonyl (C=O) groups is 3. The molecule has 0 spiro atoms. The van der Waals surface area contributed by atoms with Crippen molar-refractivity contribution in [3.05, 3.63) is 35.4 Å². The Morgan fingerprint density at radius 1 is 1.14 bits per heavy atom. The zero-order chi connectivity index (χ0) is 15.9. The SMILES string of the molecule is O=C(CN1CCCCCC1=O)NCc1ccc(C(=O)O)cc1. The second kappa shape index (κ2) is 7.59. The average molecular weight is 304 g/mol. The smallest absolute Gasteiger partial charge is 0.335 e. The van der Waals surface area contributed by atoms with E-state index in [4.69, 9.17) is 5.11 Å². The van der Waals surface area contributed by atoms with Crippen LogP contribution in [-0.2, 0) is 16.1 Å². The highest BCUT2D eigenvalue weighted by molar-refractivity contribution is 5.87. The third-order valence-corrected chi connectivity index (χ3v) is 3.70. The highest BCUT2D eigenvalue weighted by Crippen LogP contribution is 2.10. The number of rotatable bonds is 5. The third kappa shape index (κ3) is 4.58. The minimum Gasteiger partial charge on any atom is -0.478 e. The van der Waals surface area contributed by atoms with Gasteiger partial charge in [-0.15, -0.1) is 0 Å². The predicted octanol–water partition coefficient (Wildman–Crippen LogP) is 1.40. The molecule has 0 bridgehead atoms. The average Bonchev–Trinajstić information content (AvgIpc) is 2.70. The van der Waals surface area contributed by atoms with E-state index in [1.807, 2.05) is 0 Å².